The molecule has 4 rings (SSSR count). The summed E-state index contributed by atoms with van der Waals surface area (Å²) in [6.07, 6.45) is 5.31. The van der Waals surface area contributed by atoms with E-state index in [-0.39, 0.29) is 5.82 Å². The maximum atomic E-state index is 13.7. The Balaban J connectivity index is 1.82. The van der Waals surface area contributed by atoms with E-state index in [1.807, 2.05) is 0 Å². The summed E-state index contributed by atoms with van der Waals surface area (Å²) in [5, 5.41) is 0. The highest BCUT2D eigenvalue weighted by atomic mass is 79.9. The van der Waals surface area contributed by atoms with Gasteiger partial charge in [0.2, 0.25) is 0 Å². The van der Waals surface area contributed by atoms with E-state index >= 15 is 0 Å². The monoisotopic (exact) mass is 340 g/mol. The predicted molar refractivity (Wildman–Crippen MR) is 79.2 cm³/mol. The van der Waals surface area contributed by atoms with Gasteiger partial charge in [0.1, 0.15) is 5.82 Å². The lowest BCUT2D eigenvalue weighted by Gasteiger charge is -2.15. The van der Waals surface area contributed by atoms with Crippen LogP contribution in [0.1, 0.15) is 25.7 Å². The highest BCUT2D eigenvalue weighted by Crippen LogP contribution is 2.62. The average Bonchev–Trinajstić information content (AvgIpc) is 3.24. The van der Waals surface area contributed by atoms with Gasteiger partial charge in [-0.3, -0.25) is 0 Å². The van der Waals surface area contributed by atoms with Gasteiger partial charge < -0.3 is 9.55 Å². The van der Waals surface area contributed by atoms with Gasteiger partial charge in [-0.15, -0.1) is 0 Å². The Kier molecular flexibility index (Phi) is 2.49. The second-order valence-electron chi connectivity index (χ2n) is 5.94. The first-order valence-corrected chi connectivity index (χ1v) is 7.87. The van der Waals surface area contributed by atoms with E-state index in [1.54, 1.807) is 12.1 Å². The lowest BCUT2D eigenvalue weighted by Crippen LogP contribution is -2.13. The zero-order valence-corrected chi connectivity index (χ0v) is 12.8. The van der Waals surface area contributed by atoms with E-state index in [0.29, 0.717) is 14.7 Å². The van der Waals surface area contributed by atoms with Gasteiger partial charge in [0, 0.05) is 12.6 Å². The molecule has 1 aromatic carbocycles. The molecular formula is C14H14BrFN2S. The van der Waals surface area contributed by atoms with Crippen LogP contribution in [0.15, 0.2) is 16.6 Å². The van der Waals surface area contributed by atoms with Crippen LogP contribution in [0.3, 0.4) is 0 Å². The second kappa shape index (κ2) is 3.92. The summed E-state index contributed by atoms with van der Waals surface area (Å²) in [5.74, 6) is 0.645. The van der Waals surface area contributed by atoms with Crippen LogP contribution in [-0.2, 0) is 6.54 Å². The number of aromatic amines is 1. The van der Waals surface area contributed by atoms with Crippen molar-refractivity contribution in [1.82, 2.24) is 9.55 Å². The molecule has 0 amide bonds. The molecule has 0 unspecified atom stereocenters. The van der Waals surface area contributed by atoms with E-state index in [4.69, 9.17) is 12.2 Å². The van der Waals surface area contributed by atoms with E-state index in [0.717, 1.165) is 23.5 Å². The molecule has 0 bridgehead atoms. The first-order valence-electron chi connectivity index (χ1n) is 6.67. The first-order chi connectivity index (χ1) is 9.09. The number of halogens is 2. The summed E-state index contributed by atoms with van der Waals surface area (Å²) in [4.78, 5) is 3.19. The summed E-state index contributed by atoms with van der Waals surface area (Å²) in [5.41, 5.74) is 2.25. The maximum absolute atomic E-state index is 13.7. The summed E-state index contributed by atoms with van der Waals surface area (Å²) in [7, 11) is 0. The molecule has 5 heteroatoms. The quantitative estimate of drug-likeness (QED) is 0.796. The first kappa shape index (κ1) is 12.1. The molecule has 0 saturated heterocycles. The van der Waals surface area contributed by atoms with E-state index in [2.05, 4.69) is 25.5 Å². The highest BCUT2D eigenvalue weighted by Gasteiger charge is 2.53. The number of rotatable bonds is 3. The van der Waals surface area contributed by atoms with Gasteiger partial charge in [0.25, 0.3) is 0 Å². The number of aromatic nitrogens is 2. The van der Waals surface area contributed by atoms with E-state index in [9.17, 15) is 4.39 Å². The van der Waals surface area contributed by atoms with Crippen molar-refractivity contribution in [3.63, 3.8) is 0 Å². The molecule has 100 valence electrons. The number of imidazole rings is 1. The number of hydrogen-bond donors (Lipinski definition) is 1. The number of nitrogens with one attached hydrogen (secondary N) is 1. The van der Waals surface area contributed by atoms with Crippen molar-refractivity contribution < 1.29 is 4.39 Å². The van der Waals surface area contributed by atoms with Crippen molar-refractivity contribution in [2.45, 2.75) is 32.2 Å². The molecule has 0 spiro atoms. The Morgan fingerprint density at radius 1 is 1.42 bits per heavy atom. The topological polar surface area (TPSA) is 20.7 Å². The normalized spacial score (nSPS) is 20.9. The Bertz CT molecular complexity index is 725. The number of nitrogens with zero attached hydrogens (tertiary/aromatic N) is 1. The van der Waals surface area contributed by atoms with Crippen molar-refractivity contribution in [3.8, 4) is 0 Å². The van der Waals surface area contributed by atoms with Crippen molar-refractivity contribution in [2.75, 3.05) is 0 Å². The lowest BCUT2D eigenvalue weighted by atomic mass is 10.0. The zero-order valence-electron chi connectivity index (χ0n) is 10.4. The van der Waals surface area contributed by atoms with Crippen molar-refractivity contribution in [3.05, 3.63) is 27.2 Å². The SMILES string of the molecule is Fc1cc2c(cc1Br)[nH]c(=S)n2CC1(C2CC2)CC1. The fraction of sp³-hybridized carbons (Fsp3) is 0.500. The smallest absolute Gasteiger partial charge is 0.178 e. The Morgan fingerprint density at radius 2 is 2.16 bits per heavy atom. The minimum atomic E-state index is -0.230. The molecule has 19 heavy (non-hydrogen) atoms. The fourth-order valence-corrected chi connectivity index (χ4v) is 3.79. The van der Waals surface area contributed by atoms with Crippen LogP contribution >= 0.6 is 28.1 Å². The highest BCUT2D eigenvalue weighted by molar-refractivity contribution is 9.10. The van der Waals surface area contributed by atoms with E-state index < -0.39 is 0 Å². The molecule has 0 atom stereocenters. The Morgan fingerprint density at radius 3 is 2.79 bits per heavy atom. The van der Waals surface area contributed by atoms with Gasteiger partial charge in [0.15, 0.2) is 4.77 Å². The van der Waals surface area contributed by atoms with Crippen LogP contribution in [0.5, 0.6) is 0 Å². The molecule has 1 heterocycles. The Hall–Kier alpha value is -0.680. The molecule has 2 fully saturated rings. The third kappa shape index (κ3) is 1.89. The summed E-state index contributed by atoms with van der Waals surface area (Å²) < 4.78 is 17.0. The maximum Gasteiger partial charge on any atom is 0.178 e. The predicted octanol–water partition coefficient (Wildman–Crippen LogP) is 4.79. The minimum Gasteiger partial charge on any atom is -0.331 e. The van der Waals surface area contributed by atoms with Crippen LogP contribution in [0.4, 0.5) is 4.39 Å². The van der Waals surface area contributed by atoms with Gasteiger partial charge in [0.05, 0.1) is 15.5 Å². The standard InChI is InChI=1S/C14H14BrFN2S/c15-9-5-11-12(6-10(9)16)18(13(19)17-11)7-14(3-4-14)8-1-2-8/h5-6,8H,1-4,7H2,(H,17,19). The molecule has 1 aromatic heterocycles. The van der Waals surface area contributed by atoms with Gasteiger partial charge in [-0.25, -0.2) is 4.39 Å². The Labute approximate surface area is 124 Å². The van der Waals surface area contributed by atoms with Gasteiger partial charge in [-0.2, -0.15) is 0 Å². The van der Waals surface area contributed by atoms with Crippen LogP contribution in [0.2, 0.25) is 0 Å². The molecule has 2 aromatic rings. The van der Waals surface area contributed by atoms with Gasteiger partial charge in [-0.1, -0.05) is 0 Å². The lowest BCUT2D eigenvalue weighted by molar-refractivity contribution is 0.373. The van der Waals surface area contributed by atoms with Gasteiger partial charge >= 0.3 is 0 Å². The van der Waals surface area contributed by atoms with Crippen LogP contribution < -0.4 is 0 Å². The van der Waals surface area contributed by atoms with Crippen LogP contribution in [0.25, 0.3) is 11.0 Å². The molecule has 2 nitrogen and oxygen atoms in total. The summed E-state index contributed by atoms with van der Waals surface area (Å²) in [6, 6.07) is 3.35. The van der Waals surface area contributed by atoms with Crippen LogP contribution in [0, 0.1) is 21.9 Å². The number of H-pyrrole nitrogens is 1. The molecule has 1 N–H and O–H groups in total. The average molecular weight is 341 g/mol. The molecule has 0 radical (unpaired) electrons. The van der Waals surface area contributed by atoms with Crippen molar-refractivity contribution >= 4 is 39.2 Å². The third-order valence-electron chi connectivity index (χ3n) is 4.62. The molecule has 0 aliphatic heterocycles. The summed E-state index contributed by atoms with van der Waals surface area (Å²) >= 11 is 8.63. The second-order valence-corrected chi connectivity index (χ2v) is 7.18. The molecule has 2 aliphatic carbocycles. The third-order valence-corrected chi connectivity index (χ3v) is 5.55. The minimum absolute atomic E-state index is 0.230. The largest absolute Gasteiger partial charge is 0.331 e. The van der Waals surface area contributed by atoms with Crippen molar-refractivity contribution in [2.24, 2.45) is 11.3 Å². The van der Waals surface area contributed by atoms with Crippen molar-refractivity contribution in [1.29, 1.82) is 0 Å². The van der Waals surface area contributed by atoms with Crippen LogP contribution in [-0.4, -0.2) is 9.55 Å². The zero-order chi connectivity index (χ0) is 13.2. The molecule has 2 aliphatic rings. The number of benzene rings is 1. The molecular weight excluding hydrogens is 327 g/mol. The summed E-state index contributed by atoms with van der Waals surface area (Å²) in [6.45, 7) is 0.942. The fourth-order valence-electron chi connectivity index (χ4n) is 3.18. The van der Waals surface area contributed by atoms with Gasteiger partial charge in [-0.05, 0) is 71.2 Å². The van der Waals surface area contributed by atoms with E-state index in [1.165, 1.54) is 25.7 Å². The number of hydrogen-bond acceptors (Lipinski definition) is 1. The number of fused-ring (bicyclic) bond motifs is 1. The molecule has 2 saturated carbocycles.